The first kappa shape index (κ1) is 31.2. The second-order valence-corrected chi connectivity index (χ2v) is 13.2. The van der Waals surface area contributed by atoms with E-state index in [2.05, 4.69) is 0 Å². The van der Waals surface area contributed by atoms with Gasteiger partial charge in [-0.05, 0) is 75.2 Å². The largest absolute Gasteiger partial charge is 0.281 e. The monoisotopic (exact) mass is 670 g/mol. The van der Waals surface area contributed by atoms with Gasteiger partial charge in [0.25, 0.3) is 47.3 Å². The molecule has 250 valence electrons. The maximum absolute atomic E-state index is 14.2. The second kappa shape index (κ2) is 10.7. The summed E-state index contributed by atoms with van der Waals surface area (Å²) in [5.74, 6) is -6.10. The van der Waals surface area contributed by atoms with E-state index in [0.717, 1.165) is 12.8 Å². The van der Waals surface area contributed by atoms with Crippen molar-refractivity contribution in [2.75, 3.05) is 0 Å². The van der Waals surface area contributed by atoms with Crippen molar-refractivity contribution in [2.24, 2.45) is 0 Å². The van der Waals surface area contributed by atoms with Gasteiger partial charge in [0.05, 0.1) is 22.3 Å². The minimum absolute atomic E-state index is 0.0648. The van der Waals surface area contributed by atoms with Gasteiger partial charge in [0.2, 0.25) is 0 Å². The molecule has 0 N–H and O–H groups in total. The van der Waals surface area contributed by atoms with Crippen molar-refractivity contribution in [2.45, 2.75) is 65.5 Å². The maximum atomic E-state index is 14.2. The molecule has 12 nitrogen and oxygen atoms in total. The Bertz CT molecular complexity index is 2070. The standard InChI is InChI=1S/C38H30N4O8/c1-5-7-17(3)39-31(43)19-9-13-23-29-24(14-10-20(27(19)29)32(39)44)36(48)41(35(23)47)42-37(49)25-15-11-21-28-22(12-16-26(30(25)28)38(42)50)34(46)40(33(21)45)18(4)8-6-2/h9-18H,5-8H2,1-4H3. The normalized spacial score (nSPS) is 17.9. The highest BCUT2D eigenvalue weighted by molar-refractivity contribution is 6.37. The number of carbonyl (C=O) groups is 8. The molecule has 8 amide bonds. The van der Waals surface area contributed by atoms with E-state index in [1.165, 1.54) is 58.3 Å². The molecule has 0 saturated carbocycles. The Kier molecular flexibility index (Phi) is 6.70. The molecule has 4 heterocycles. The van der Waals surface area contributed by atoms with Gasteiger partial charge >= 0.3 is 0 Å². The van der Waals surface area contributed by atoms with E-state index in [4.69, 9.17) is 0 Å². The van der Waals surface area contributed by atoms with Gasteiger partial charge in [-0.2, -0.15) is 10.0 Å². The Labute approximate surface area is 285 Å². The highest BCUT2D eigenvalue weighted by Crippen LogP contribution is 2.42. The number of hydrogen-bond acceptors (Lipinski definition) is 8. The molecule has 50 heavy (non-hydrogen) atoms. The Hall–Kier alpha value is -6.04. The smallest absolute Gasteiger partial charge is 0.272 e. The van der Waals surface area contributed by atoms with Crippen LogP contribution in [-0.2, 0) is 0 Å². The van der Waals surface area contributed by atoms with Crippen LogP contribution in [0.1, 0.15) is 136 Å². The van der Waals surface area contributed by atoms with E-state index < -0.39 is 47.3 Å². The molecule has 0 aromatic heterocycles. The SMILES string of the molecule is CCCC(C)N1C(=O)c2ccc3c4c(ccc(c24)C1=O)C(=O)N(N1C(=O)c2ccc4c5c(ccc(c25)C1=O)C(=O)N(C(C)CCC)C4=O)C3=O. The van der Waals surface area contributed by atoms with Gasteiger partial charge in [-0.25, -0.2) is 0 Å². The third-order valence-corrected chi connectivity index (χ3v) is 10.3. The number of rotatable bonds is 7. The second-order valence-electron chi connectivity index (χ2n) is 13.2. The van der Waals surface area contributed by atoms with Crippen LogP contribution in [-0.4, -0.2) is 79.2 Å². The first-order chi connectivity index (χ1) is 23.9. The van der Waals surface area contributed by atoms with Crippen LogP contribution in [0.25, 0.3) is 21.5 Å². The third-order valence-electron chi connectivity index (χ3n) is 10.3. The lowest BCUT2D eigenvalue weighted by Crippen LogP contribution is -2.58. The lowest BCUT2D eigenvalue weighted by molar-refractivity contribution is 0.00211. The molecule has 8 rings (SSSR count). The third kappa shape index (κ3) is 3.81. The summed E-state index contributed by atoms with van der Waals surface area (Å²) >= 11 is 0. The van der Waals surface area contributed by atoms with Gasteiger partial charge in [0, 0.05) is 55.9 Å². The fraction of sp³-hybridized carbons (Fsp3) is 0.263. The summed E-state index contributed by atoms with van der Waals surface area (Å²) in [6, 6.07) is 10.4. The van der Waals surface area contributed by atoms with E-state index in [9.17, 15) is 38.4 Å². The Morgan fingerprint density at radius 2 is 0.580 bits per heavy atom. The van der Waals surface area contributed by atoms with Crippen LogP contribution >= 0.6 is 0 Å². The van der Waals surface area contributed by atoms with Gasteiger partial charge in [-0.1, -0.05) is 26.7 Å². The predicted molar refractivity (Wildman–Crippen MR) is 179 cm³/mol. The molecule has 2 atom stereocenters. The number of nitrogens with zero attached hydrogens (tertiary/aromatic N) is 4. The van der Waals surface area contributed by atoms with Crippen molar-refractivity contribution in [3.63, 3.8) is 0 Å². The number of hydrogen-bond donors (Lipinski definition) is 0. The van der Waals surface area contributed by atoms with E-state index >= 15 is 0 Å². The number of imide groups is 4. The van der Waals surface area contributed by atoms with Crippen LogP contribution in [0.4, 0.5) is 0 Å². The highest BCUT2D eigenvalue weighted by atomic mass is 16.2. The lowest BCUT2D eigenvalue weighted by Gasteiger charge is -2.39. The minimum Gasteiger partial charge on any atom is -0.272 e. The molecule has 0 spiro atoms. The fourth-order valence-corrected chi connectivity index (χ4v) is 8.02. The minimum atomic E-state index is -0.991. The van der Waals surface area contributed by atoms with Crippen molar-refractivity contribution in [1.29, 1.82) is 0 Å². The van der Waals surface area contributed by atoms with Gasteiger partial charge in [-0.3, -0.25) is 48.2 Å². The van der Waals surface area contributed by atoms with Crippen LogP contribution in [0.2, 0.25) is 0 Å². The molecule has 0 fully saturated rings. The van der Waals surface area contributed by atoms with E-state index in [-0.39, 0.29) is 78.1 Å². The lowest BCUT2D eigenvalue weighted by atomic mass is 9.85. The summed E-state index contributed by atoms with van der Waals surface area (Å²) < 4.78 is 0. The molecular weight excluding hydrogens is 640 g/mol. The van der Waals surface area contributed by atoms with Crippen LogP contribution in [0, 0.1) is 0 Å². The average Bonchev–Trinajstić information content (AvgIpc) is 3.09. The van der Waals surface area contributed by atoms with Gasteiger partial charge in [0.1, 0.15) is 0 Å². The molecule has 4 aromatic carbocycles. The highest BCUT2D eigenvalue weighted by Gasteiger charge is 2.48. The van der Waals surface area contributed by atoms with Crippen LogP contribution in [0.15, 0.2) is 48.5 Å². The van der Waals surface area contributed by atoms with Gasteiger partial charge in [0.15, 0.2) is 0 Å². The summed E-state index contributed by atoms with van der Waals surface area (Å²) in [5.41, 5.74) is 0.417. The molecule has 0 radical (unpaired) electrons. The molecule has 4 aliphatic heterocycles. The average molecular weight is 671 g/mol. The summed E-state index contributed by atoms with van der Waals surface area (Å²) in [5, 5.41) is 1.52. The van der Waals surface area contributed by atoms with E-state index in [1.807, 2.05) is 13.8 Å². The summed E-state index contributed by atoms with van der Waals surface area (Å²) in [6.45, 7) is 7.47. The molecule has 4 aliphatic rings. The molecule has 12 heteroatoms. The van der Waals surface area contributed by atoms with Crippen LogP contribution in [0.3, 0.4) is 0 Å². The molecule has 0 bridgehead atoms. The van der Waals surface area contributed by atoms with Crippen LogP contribution < -0.4 is 0 Å². The topological polar surface area (TPSA) is 150 Å². The van der Waals surface area contributed by atoms with Crippen molar-refractivity contribution in [3.8, 4) is 0 Å². The van der Waals surface area contributed by atoms with Crippen molar-refractivity contribution >= 4 is 68.8 Å². The van der Waals surface area contributed by atoms with Crippen molar-refractivity contribution < 1.29 is 38.4 Å². The van der Waals surface area contributed by atoms with Crippen molar-refractivity contribution in [3.05, 3.63) is 93.0 Å². The van der Waals surface area contributed by atoms with E-state index in [1.54, 1.807) is 13.8 Å². The molecule has 0 aliphatic carbocycles. The Morgan fingerprint density at radius 3 is 0.780 bits per heavy atom. The summed E-state index contributed by atoms with van der Waals surface area (Å²) in [4.78, 5) is 114. The quantitative estimate of drug-likeness (QED) is 0.238. The Morgan fingerprint density at radius 1 is 0.380 bits per heavy atom. The zero-order valence-corrected chi connectivity index (χ0v) is 27.7. The molecular formula is C38H30N4O8. The molecule has 0 saturated heterocycles. The van der Waals surface area contributed by atoms with Gasteiger partial charge < -0.3 is 0 Å². The van der Waals surface area contributed by atoms with Gasteiger partial charge in [-0.15, -0.1) is 0 Å². The summed E-state index contributed by atoms with van der Waals surface area (Å²) in [6.07, 6.45) is 2.69. The Balaban J connectivity index is 1.23. The first-order valence-electron chi connectivity index (χ1n) is 16.7. The van der Waals surface area contributed by atoms with E-state index in [0.29, 0.717) is 22.9 Å². The fourth-order valence-electron chi connectivity index (χ4n) is 8.02. The number of hydrazine groups is 1. The molecule has 2 unspecified atom stereocenters. The zero-order valence-electron chi connectivity index (χ0n) is 27.7. The predicted octanol–water partition coefficient (Wildman–Crippen LogP) is 5.37. The molecule has 4 aromatic rings. The van der Waals surface area contributed by atoms with Crippen LogP contribution in [0.5, 0.6) is 0 Å². The summed E-state index contributed by atoms with van der Waals surface area (Å²) in [7, 11) is 0. The zero-order chi connectivity index (χ0) is 35.5. The van der Waals surface area contributed by atoms with Crippen molar-refractivity contribution in [1.82, 2.24) is 19.8 Å². The number of carbonyl (C=O) groups excluding carboxylic acids is 8. The number of amides is 8. The maximum Gasteiger partial charge on any atom is 0.281 e. The first-order valence-corrected chi connectivity index (χ1v) is 16.7. The number of benzene rings is 4.